The maximum absolute atomic E-state index is 6.07. The lowest BCUT2D eigenvalue weighted by Crippen LogP contribution is -2.38. The van der Waals surface area contributed by atoms with Gasteiger partial charge in [0.1, 0.15) is 5.15 Å². The lowest BCUT2D eigenvalue weighted by Gasteiger charge is -2.11. The molecule has 0 saturated heterocycles. The van der Waals surface area contributed by atoms with Gasteiger partial charge in [-0.3, -0.25) is 0 Å². The molecule has 8 heteroatoms. The van der Waals surface area contributed by atoms with E-state index in [1.807, 2.05) is 37.1 Å². The molecule has 2 heterocycles. The van der Waals surface area contributed by atoms with E-state index in [1.165, 1.54) is 0 Å². The predicted octanol–water partition coefficient (Wildman–Crippen LogP) is 2.67. The van der Waals surface area contributed by atoms with Crippen LogP contribution in [-0.4, -0.2) is 33.2 Å². The number of aliphatic imine (C=N–C) groups is 1. The summed E-state index contributed by atoms with van der Waals surface area (Å²) in [5.74, 6) is 0.784. The van der Waals surface area contributed by atoms with E-state index in [0.717, 1.165) is 37.7 Å². The number of hydrogen-bond donors (Lipinski definition) is 2. The number of imidazole rings is 1. The molecule has 0 fully saturated rings. The fourth-order valence-corrected chi connectivity index (χ4v) is 2.55. The van der Waals surface area contributed by atoms with E-state index in [4.69, 9.17) is 23.2 Å². The summed E-state index contributed by atoms with van der Waals surface area (Å²) in [4.78, 5) is 8.60. The standard InChI is InChI=1S/C15H22Cl2N6/c1-3-19-15(20-5-4-7-23-8-6-18-11-23)21-10-12-9-13(16)14(17)22(12)2/h6,8-9,11H,3-5,7,10H2,1-2H3,(H2,19,20,21). The molecule has 2 aromatic rings. The van der Waals surface area contributed by atoms with Gasteiger partial charge in [-0.1, -0.05) is 23.2 Å². The SMILES string of the molecule is CCNC(=NCc1cc(Cl)c(Cl)n1C)NCCCn1ccnc1. The Bertz CT molecular complexity index is 633. The van der Waals surface area contributed by atoms with Crippen LogP contribution in [0.1, 0.15) is 19.0 Å². The van der Waals surface area contributed by atoms with Gasteiger partial charge in [-0.05, 0) is 19.4 Å². The minimum atomic E-state index is 0.514. The molecule has 0 aliphatic carbocycles. The number of halogens is 2. The first kappa shape index (κ1) is 17.7. The van der Waals surface area contributed by atoms with Crippen molar-refractivity contribution < 1.29 is 0 Å². The Kier molecular flexibility index (Phi) is 6.80. The fraction of sp³-hybridized carbons (Fsp3) is 0.467. The van der Waals surface area contributed by atoms with E-state index < -0.39 is 0 Å². The third kappa shape index (κ3) is 5.18. The highest BCUT2D eigenvalue weighted by atomic mass is 35.5. The molecule has 0 unspecified atom stereocenters. The molecule has 0 saturated carbocycles. The normalized spacial score (nSPS) is 11.7. The first-order valence-electron chi connectivity index (χ1n) is 7.59. The minimum Gasteiger partial charge on any atom is -0.357 e. The van der Waals surface area contributed by atoms with Gasteiger partial charge in [0, 0.05) is 44.8 Å². The molecule has 0 spiro atoms. The zero-order valence-corrected chi connectivity index (χ0v) is 14.9. The number of guanidine groups is 1. The largest absolute Gasteiger partial charge is 0.357 e. The smallest absolute Gasteiger partial charge is 0.191 e. The summed E-state index contributed by atoms with van der Waals surface area (Å²) < 4.78 is 3.90. The first-order valence-corrected chi connectivity index (χ1v) is 8.35. The number of nitrogens with one attached hydrogen (secondary N) is 2. The van der Waals surface area contributed by atoms with Crippen molar-refractivity contribution in [3.63, 3.8) is 0 Å². The summed E-state index contributed by atoms with van der Waals surface area (Å²) >= 11 is 12.1. The van der Waals surface area contributed by atoms with Crippen molar-refractivity contribution in [1.29, 1.82) is 0 Å². The highest BCUT2D eigenvalue weighted by Crippen LogP contribution is 2.25. The van der Waals surface area contributed by atoms with Crippen LogP contribution >= 0.6 is 23.2 Å². The number of aromatic nitrogens is 3. The van der Waals surface area contributed by atoms with Crippen LogP contribution in [0.15, 0.2) is 29.8 Å². The summed E-state index contributed by atoms with van der Waals surface area (Å²) in [5.41, 5.74) is 0.968. The van der Waals surface area contributed by atoms with Crippen LogP contribution in [0.3, 0.4) is 0 Å². The highest BCUT2D eigenvalue weighted by Gasteiger charge is 2.08. The van der Waals surface area contributed by atoms with Gasteiger partial charge in [0.2, 0.25) is 0 Å². The van der Waals surface area contributed by atoms with Crippen LogP contribution in [0, 0.1) is 0 Å². The first-order chi connectivity index (χ1) is 11.1. The summed E-state index contributed by atoms with van der Waals surface area (Å²) in [6, 6.07) is 1.84. The Hall–Kier alpha value is -1.66. The third-order valence-electron chi connectivity index (χ3n) is 3.40. The molecule has 0 aromatic carbocycles. The van der Waals surface area contributed by atoms with E-state index in [9.17, 15) is 0 Å². The third-order valence-corrected chi connectivity index (χ3v) is 4.25. The zero-order chi connectivity index (χ0) is 16.7. The quantitative estimate of drug-likeness (QED) is 0.455. The van der Waals surface area contributed by atoms with E-state index in [0.29, 0.717) is 16.7 Å². The predicted molar refractivity (Wildman–Crippen MR) is 95.1 cm³/mol. The van der Waals surface area contributed by atoms with Gasteiger partial charge in [-0.25, -0.2) is 9.98 Å². The summed E-state index contributed by atoms with van der Waals surface area (Å²) in [7, 11) is 1.88. The Morgan fingerprint density at radius 2 is 2.17 bits per heavy atom. The second kappa shape index (κ2) is 8.84. The molecule has 2 N–H and O–H groups in total. The van der Waals surface area contributed by atoms with Gasteiger partial charge in [0.15, 0.2) is 5.96 Å². The van der Waals surface area contributed by atoms with Gasteiger partial charge < -0.3 is 19.8 Å². The van der Waals surface area contributed by atoms with E-state index >= 15 is 0 Å². The van der Waals surface area contributed by atoms with Crippen LogP contribution in [0.2, 0.25) is 10.2 Å². The monoisotopic (exact) mass is 356 g/mol. The molecule has 0 radical (unpaired) electrons. The molecule has 2 aromatic heterocycles. The molecule has 0 aliphatic heterocycles. The van der Waals surface area contributed by atoms with Crippen LogP contribution in [0.5, 0.6) is 0 Å². The molecule has 0 amide bonds. The zero-order valence-electron chi connectivity index (χ0n) is 13.4. The van der Waals surface area contributed by atoms with Gasteiger partial charge in [0.05, 0.1) is 17.9 Å². The van der Waals surface area contributed by atoms with E-state index in [-0.39, 0.29) is 0 Å². The lowest BCUT2D eigenvalue weighted by atomic mass is 10.4. The maximum atomic E-state index is 6.07. The molecule has 126 valence electrons. The Morgan fingerprint density at radius 3 is 2.78 bits per heavy atom. The van der Waals surface area contributed by atoms with Gasteiger partial charge in [0.25, 0.3) is 0 Å². The Balaban J connectivity index is 1.85. The van der Waals surface area contributed by atoms with Crippen molar-refractivity contribution in [3.8, 4) is 0 Å². The van der Waals surface area contributed by atoms with Crippen molar-refractivity contribution in [2.45, 2.75) is 26.4 Å². The number of hydrogen-bond acceptors (Lipinski definition) is 2. The summed E-state index contributed by atoms with van der Waals surface area (Å²) in [6.07, 6.45) is 6.56. The van der Waals surface area contributed by atoms with E-state index in [2.05, 4.69) is 25.2 Å². The van der Waals surface area contributed by atoms with Crippen molar-refractivity contribution in [3.05, 3.63) is 40.7 Å². The topological polar surface area (TPSA) is 59.2 Å². The summed E-state index contributed by atoms with van der Waals surface area (Å²) in [6.45, 7) is 5.12. The molecule has 23 heavy (non-hydrogen) atoms. The Morgan fingerprint density at radius 1 is 1.35 bits per heavy atom. The fourth-order valence-electron chi connectivity index (χ4n) is 2.13. The molecule has 2 rings (SSSR count). The highest BCUT2D eigenvalue weighted by molar-refractivity contribution is 6.41. The summed E-state index contributed by atoms with van der Waals surface area (Å²) in [5, 5.41) is 7.65. The Labute approximate surface area is 146 Å². The second-order valence-electron chi connectivity index (χ2n) is 5.11. The molecule has 0 aliphatic rings. The van der Waals surface area contributed by atoms with Crippen molar-refractivity contribution >= 4 is 29.2 Å². The average Bonchev–Trinajstić information content (AvgIpc) is 3.14. The van der Waals surface area contributed by atoms with Crippen LogP contribution in [0.4, 0.5) is 0 Å². The van der Waals surface area contributed by atoms with Gasteiger partial charge in [-0.15, -0.1) is 0 Å². The maximum Gasteiger partial charge on any atom is 0.191 e. The van der Waals surface area contributed by atoms with Crippen LogP contribution in [-0.2, 0) is 20.1 Å². The number of aryl methyl sites for hydroxylation is 1. The van der Waals surface area contributed by atoms with Crippen LogP contribution in [0.25, 0.3) is 0 Å². The van der Waals surface area contributed by atoms with Gasteiger partial charge in [-0.2, -0.15) is 0 Å². The second-order valence-corrected chi connectivity index (χ2v) is 5.87. The molecule has 6 nitrogen and oxygen atoms in total. The van der Waals surface area contributed by atoms with Crippen molar-refractivity contribution in [2.75, 3.05) is 13.1 Å². The molecular weight excluding hydrogens is 335 g/mol. The molecule has 0 bridgehead atoms. The molecule has 0 atom stereocenters. The van der Waals surface area contributed by atoms with Crippen LogP contribution < -0.4 is 10.6 Å². The van der Waals surface area contributed by atoms with Gasteiger partial charge >= 0.3 is 0 Å². The molecular formula is C15H22Cl2N6. The number of nitrogens with zero attached hydrogens (tertiary/aromatic N) is 4. The van der Waals surface area contributed by atoms with E-state index in [1.54, 1.807) is 6.20 Å². The van der Waals surface area contributed by atoms with Crippen molar-refractivity contribution in [2.24, 2.45) is 12.0 Å². The average molecular weight is 357 g/mol. The minimum absolute atomic E-state index is 0.514. The number of rotatable bonds is 7. The lowest BCUT2D eigenvalue weighted by molar-refractivity contribution is 0.624. The van der Waals surface area contributed by atoms with Crippen molar-refractivity contribution in [1.82, 2.24) is 24.8 Å².